The number of nitrogens with zero attached hydrogens (tertiary/aromatic N) is 1. The minimum atomic E-state index is -0.873. The Kier molecular flexibility index (Phi) is 4.83. The quantitative estimate of drug-likeness (QED) is 0.747. The Bertz CT molecular complexity index is 807. The minimum Gasteiger partial charge on any atom is -0.481 e. The van der Waals surface area contributed by atoms with Crippen LogP contribution >= 0.6 is 0 Å². The second-order valence-electron chi connectivity index (χ2n) is 5.76. The molecule has 1 unspecified atom stereocenters. The van der Waals surface area contributed by atoms with E-state index in [1.54, 1.807) is 30.3 Å². The van der Waals surface area contributed by atoms with E-state index in [1.807, 2.05) is 6.92 Å². The average molecular weight is 341 g/mol. The monoisotopic (exact) mass is 341 g/mol. The number of pyridine rings is 1. The fourth-order valence-electron chi connectivity index (χ4n) is 2.66. The first-order valence-corrected chi connectivity index (χ1v) is 8.11. The topological polar surface area (TPSA) is 101 Å². The SMILES string of the molecule is CCCNC(=O)c1cc(Oc2ccc3c(c2)C(C(=O)O)CN3)ccn1. The van der Waals surface area contributed by atoms with E-state index in [-0.39, 0.29) is 11.6 Å². The number of ether oxygens (including phenoxy) is 1. The van der Waals surface area contributed by atoms with Gasteiger partial charge in [0.25, 0.3) is 5.91 Å². The Morgan fingerprint density at radius 1 is 1.32 bits per heavy atom. The Hall–Kier alpha value is -3.09. The normalized spacial score (nSPS) is 15.2. The molecule has 1 amide bonds. The standard InChI is InChI=1S/C18H19N3O4/c1-2-6-20-17(22)16-9-12(5-7-19-16)25-11-3-4-15-13(8-11)14(10-21-15)18(23)24/h3-5,7-9,14,21H,2,6,10H2,1H3,(H,20,22)(H,23,24). The first kappa shape index (κ1) is 16.8. The lowest BCUT2D eigenvalue weighted by Crippen LogP contribution is -2.24. The van der Waals surface area contributed by atoms with Gasteiger partial charge in [0.2, 0.25) is 0 Å². The molecular formula is C18H19N3O4. The van der Waals surface area contributed by atoms with Gasteiger partial charge in [-0.3, -0.25) is 14.6 Å². The van der Waals surface area contributed by atoms with E-state index in [9.17, 15) is 14.7 Å². The summed E-state index contributed by atoms with van der Waals surface area (Å²) in [5.74, 6) is -0.737. The van der Waals surface area contributed by atoms with E-state index < -0.39 is 11.9 Å². The zero-order valence-corrected chi connectivity index (χ0v) is 13.8. The Balaban J connectivity index is 1.78. The fourth-order valence-corrected chi connectivity index (χ4v) is 2.66. The maximum atomic E-state index is 12.0. The molecule has 2 aromatic rings. The molecule has 7 nitrogen and oxygen atoms in total. The number of benzene rings is 1. The first-order valence-electron chi connectivity index (χ1n) is 8.11. The molecule has 1 aliphatic heterocycles. The van der Waals surface area contributed by atoms with Crippen LogP contribution in [-0.4, -0.2) is 35.1 Å². The lowest BCUT2D eigenvalue weighted by Gasteiger charge is -2.10. The Labute approximate surface area is 145 Å². The van der Waals surface area contributed by atoms with Gasteiger partial charge in [-0.05, 0) is 36.2 Å². The maximum absolute atomic E-state index is 12.0. The first-order chi connectivity index (χ1) is 12.1. The molecular weight excluding hydrogens is 322 g/mol. The number of rotatable bonds is 6. The molecule has 2 heterocycles. The van der Waals surface area contributed by atoms with Crippen molar-refractivity contribution in [3.05, 3.63) is 47.8 Å². The predicted molar refractivity (Wildman–Crippen MR) is 92.2 cm³/mol. The van der Waals surface area contributed by atoms with Crippen LogP contribution < -0.4 is 15.4 Å². The number of hydrogen-bond acceptors (Lipinski definition) is 5. The van der Waals surface area contributed by atoms with Gasteiger partial charge in [-0.1, -0.05) is 6.92 Å². The summed E-state index contributed by atoms with van der Waals surface area (Å²) in [5.41, 5.74) is 1.77. The molecule has 25 heavy (non-hydrogen) atoms. The summed E-state index contributed by atoms with van der Waals surface area (Å²) >= 11 is 0. The number of aliphatic carboxylic acids is 1. The number of carboxylic acids is 1. The summed E-state index contributed by atoms with van der Waals surface area (Å²) in [6.07, 6.45) is 2.35. The molecule has 0 aliphatic carbocycles. The number of carbonyl (C=O) groups excluding carboxylic acids is 1. The zero-order chi connectivity index (χ0) is 17.8. The van der Waals surface area contributed by atoms with E-state index >= 15 is 0 Å². The second kappa shape index (κ2) is 7.21. The molecule has 1 aromatic carbocycles. The number of hydrogen-bond donors (Lipinski definition) is 3. The van der Waals surface area contributed by atoms with Gasteiger partial charge in [0, 0.05) is 31.0 Å². The van der Waals surface area contributed by atoms with Crippen LogP contribution in [0.1, 0.15) is 35.3 Å². The lowest BCUT2D eigenvalue weighted by atomic mass is 10.0. The van der Waals surface area contributed by atoms with E-state index in [0.717, 1.165) is 12.1 Å². The summed E-state index contributed by atoms with van der Waals surface area (Å²) in [4.78, 5) is 27.3. The highest BCUT2D eigenvalue weighted by molar-refractivity contribution is 5.92. The van der Waals surface area contributed by atoms with Gasteiger partial charge in [0.1, 0.15) is 23.1 Å². The van der Waals surface area contributed by atoms with Gasteiger partial charge in [0.05, 0.1) is 0 Å². The summed E-state index contributed by atoms with van der Waals surface area (Å²) in [5, 5.41) is 15.1. The van der Waals surface area contributed by atoms with Crippen molar-refractivity contribution >= 4 is 17.6 Å². The van der Waals surface area contributed by atoms with Crippen LogP contribution in [0.15, 0.2) is 36.5 Å². The number of amides is 1. The summed E-state index contributed by atoms with van der Waals surface area (Å²) in [6.45, 7) is 2.92. The van der Waals surface area contributed by atoms with Crippen molar-refractivity contribution in [1.82, 2.24) is 10.3 Å². The predicted octanol–water partition coefficient (Wildman–Crippen LogP) is 2.61. The van der Waals surface area contributed by atoms with Gasteiger partial charge < -0.3 is 20.5 Å². The molecule has 0 radical (unpaired) electrons. The second-order valence-corrected chi connectivity index (χ2v) is 5.76. The van der Waals surface area contributed by atoms with E-state index in [0.29, 0.717) is 30.2 Å². The zero-order valence-electron chi connectivity index (χ0n) is 13.8. The van der Waals surface area contributed by atoms with E-state index in [1.165, 1.54) is 6.20 Å². The molecule has 0 spiro atoms. The van der Waals surface area contributed by atoms with Crippen LogP contribution in [-0.2, 0) is 4.79 Å². The number of carboxylic acid groups (broad SMARTS) is 1. The van der Waals surface area contributed by atoms with Gasteiger partial charge in [-0.25, -0.2) is 0 Å². The molecule has 1 atom stereocenters. The fraction of sp³-hybridized carbons (Fsp3) is 0.278. The third-order valence-corrected chi connectivity index (χ3v) is 3.93. The number of carbonyl (C=O) groups is 2. The lowest BCUT2D eigenvalue weighted by molar-refractivity contribution is -0.138. The molecule has 0 bridgehead atoms. The molecule has 1 aliphatic rings. The molecule has 0 saturated carbocycles. The maximum Gasteiger partial charge on any atom is 0.312 e. The highest BCUT2D eigenvalue weighted by atomic mass is 16.5. The highest BCUT2D eigenvalue weighted by Crippen LogP contribution is 2.35. The minimum absolute atomic E-state index is 0.253. The largest absolute Gasteiger partial charge is 0.481 e. The van der Waals surface area contributed by atoms with Gasteiger partial charge in [-0.2, -0.15) is 0 Å². The van der Waals surface area contributed by atoms with Gasteiger partial charge in [-0.15, -0.1) is 0 Å². The number of nitrogens with one attached hydrogen (secondary N) is 2. The summed E-state index contributed by atoms with van der Waals surface area (Å²) in [6, 6.07) is 8.48. The van der Waals surface area contributed by atoms with Gasteiger partial charge in [0.15, 0.2) is 0 Å². The van der Waals surface area contributed by atoms with Crippen LogP contribution in [0.5, 0.6) is 11.5 Å². The third-order valence-electron chi connectivity index (χ3n) is 3.93. The molecule has 3 rings (SSSR count). The third kappa shape index (κ3) is 3.71. The molecule has 130 valence electrons. The summed E-state index contributed by atoms with van der Waals surface area (Å²) < 4.78 is 5.79. The van der Waals surface area contributed by atoms with Crippen LogP contribution in [0.4, 0.5) is 5.69 Å². The smallest absolute Gasteiger partial charge is 0.312 e. The van der Waals surface area contributed by atoms with Crippen LogP contribution in [0.2, 0.25) is 0 Å². The summed E-state index contributed by atoms with van der Waals surface area (Å²) in [7, 11) is 0. The van der Waals surface area contributed by atoms with Crippen LogP contribution in [0.3, 0.4) is 0 Å². The van der Waals surface area contributed by atoms with E-state index in [4.69, 9.17) is 4.74 Å². The van der Waals surface area contributed by atoms with Crippen molar-refractivity contribution < 1.29 is 19.4 Å². The number of fused-ring (bicyclic) bond motifs is 1. The number of anilines is 1. The van der Waals surface area contributed by atoms with Crippen molar-refractivity contribution in [3.63, 3.8) is 0 Å². The Morgan fingerprint density at radius 2 is 2.12 bits per heavy atom. The highest BCUT2D eigenvalue weighted by Gasteiger charge is 2.28. The Morgan fingerprint density at radius 3 is 2.88 bits per heavy atom. The van der Waals surface area contributed by atoms with Crippen molar-refractivity contribution in [2.45, 2.75) is 19.3 Å². The van der Waals surface area contributed by atoms with E-state index in [2.05, 4.69) is 15.6 Å². The van der Waals surface area contributed by atoms with Crippen LogP contribution in [0.25, 0.3) is 0 Å². The van der Waals surface area contributed by atoms with Crippen LogP contribution in [0, 0.1) is 0 Å². The van der Waals surface area contributed by atoms with Gasteiger partial charge >= 0.3 is 5.97 Å². The van der Waals surface area contributed by atoms with Crippen molar-refractivity contribution in [1.29, 1.82) is 0 Å². The average Bonchev–Trinajstić information content (AvgIpc) is 3.03. The van der Waals surface area contributed by atoms with Crippen molar-refractivity contribution in [2.24, 2.45) is 0 Å². The molecule has 0 saturated heterocycles. The number of aromatic nitrogens is 1. The molecule has 1 aromatic heterocycles. The van der Waals surface area contributed by atoms with Crippen molar-refractivity contribution in [2.75, 3.05) is 18.4 Å². The molecule has 0 fully saturated rings. The molecule has 7 heteroatoms. The molecule has 3 N–H and O–H groups in total. The van der Waals surface area contributed by atoms with Crippen molar-refractivity contribution in [3.8, 4) is 11.5 Å².